The minimum Gasteiger partial charge on any atom is -0.490 e. The Bertz CT molecular complexity index is 871. The topological polar surface area (TPSA) is 41.5 Å². The number of hydrogen-bond donors (Lipinski definition) is 2. The minimum absolute atomic E-state index is 0.287. The first-order valence-corrected chi connectivity index (χ1v) is 9.41. The Morgan fingerprint density at radius 1 is 1.00 bits per heavy atom. The van der Waals surface area contributed by atoms with Gasteiger partial charge in [0.15, 0.2) is 0 Å². The van der Waals surface area contributed by atoms with Crippen LogP contribution in [0.25, 0.3) is 10.8 Å². The molecule has 0 aromatic heterocycles. The summed E-state index contributed by atoms with van der Waals surface area (Å²) < 4.78 is 5.90. The van der Waals surface area contributed by atoms with Crippen molar-refractivity contribution in [1.29, 1.82) is 0 Å². The molecule has 3 nitrogen and oxygen atoms in total. The van der Waals surface area contributed by atoms with Gasteiger partial charge in [0.05, 0.1) is 0 Å². The third kappa shape index (κ3) is 3.74. The second-order valence-electron chi connectivity index (χ2n) is 6.99. The zero-order valence-corrected chi connectivity index (χ0v) is 14.9. The first-order valence-electron chi connectivity index (χ1n) is 9.41. The molecule has 2 atom stereocenters. The van der Waals surface area contributed by atoms with E-state index in [4.69, 9.17) is 4.74 Å². The lowest BCUT2D eigenvalue weighted by Gasteiger charge is -2.27. The van der Waals surface area contributed by atoms with Gasteiger partial charge in [0.2, 0.25) is 0 Å². The van der Waals surface area contributed by atoms with Gasteiger partial charge in [-0.2, -0.15) is 0 Å². The first-order chi connectivity index (χ1) is 12.8. The van der Waals surface area contributed by atoms with Gasteiger partial charge in [0, 0.05) is 18.0 Å². The largest absolute Gasteiger partial charge is 0.490 e. The summed E-state index contributed by atoms with van der Waals surface area (Å²) in [5.74, 6) is 0.824. The molecule has 0 radical (unpaired) electrons. The van der Waals surface area contributed by atoms with Crippen LogP contribution in [0, 0.1) is 0 Å². The molecule has 3 aromatic rings. The van der Waals surface area contributed by atoms with Crippen molar-refractivity contribution in [3.8, 4) is 5.75 Å². The number of aliphatic hydroxyl groups is 1. The van der Waals surface area contributed by atoms with Crippen molar-refractivity contribution in [2.75, 3.05) is 13.2 Å². The highest BCUT2D eigenvalue weighted by molar-refractivity contribution is 5.88. The van der Waals surface area contributed by atoms with E-state index in [0.29, 0.717) is 12.6 Å². The Balaban J connectivity index is 1.34. The zero-order chi connectivity index (χ0) is 17.8. The van der Waals surface area contributed by atoms with Crippen molar-refractivity contribution in [2.24, 2.45) is 0 Å². The second kappa shape index (κ2) is 7.90. The van der Waals surface area contributed by atoms with Crippen LogP contribution in [0.4, 0.5) is 0 Å². The van der Waals surface area contributed by atoms with E-state index in [2.05, 4.69) is 41.7 Å². The van der Waals surface area contributed by atoms with Crippen LogP contribution in [0.15, 0.2) is 66.7 Å². The highest BCUT2D eigenvalue weighted by Crippen LogP contribution is 2.29. The molecule has 1 aliphatic carbocycles. The lowest BCUT2D eigenvalue weighted by molar-refractivity contribution is 0.103. The lowest BCUT2D eigenvalue weighted by Crippen LogP contribution is -2.35. The van der Waals surface area contributed by atoms with Gasteiger partial charge in [-0.1, -0.05) is 60.7 Å². The van der Waals surface area contributed by atoms with E-state index in [1.54, 1.807) is 0 Å². The lowest BCUT2D eigenvalue weighted by atomic mass is 9.88. The van der Waals surface area contributed by atoms with Crippen molar-refractivity contribution < 1.29 is 9.84 Å². The van der Waals surface area contributed by atoms with Crippen molar-refractivity contribution in [2.45, 2.75) is 31.4 Å². The molecule has 0 bridgehead atoms. The summed E-state index contributed by atoms with van der Waals surface area (Å²) in [6, 6.07) is 23.1. The molecule has 134 valence electrons. The summed E-state index contributed by atoms with van der Waals surface area (Å²) in [4.78, 5) is 0. The molecule has 2 N–H and O–H groups in total. The molecular formula is C23H25NO2. The van der Waals surface area contributed by atoms with Crippen molar-refractivity contribution in [1.82, 2.24) is 5.32 Å². The molecule has 4 rings (SSSR count). The Hall–Kier alpha value is -2.36. The maximum atomic E-state index is 10.4. The third-order valence-corrected chi connectivity index (χ3v) is 5.15. The van der Waals surface area contributed by atoms with E-state index in [1.807, 2.05) is 30.3 Å². The molecule has 0 saturated carbocycles. The van der Waals surface area contributed by atoms with Crippen LogP contribution in [0.2, 0.25) is 0 Å². The van der Waals surface area contributed by atoms with Crippen molar-refractivity contribution in [3.63, 3.8) is 0 Å². The second-order valence-corrected chi connectivity index (χ2v) is 6.99. The van der Waals surface area contributed by atoms with Gasteiger partial charge < -0.3 is 15.2 Å². The maximum absolute atomic E-state index is 10.4. The average molecular weight is 347 g/mol. The SMILES string of the molecule is O[C@@H](CN[C@@H]1CCCc2ccccc21)COc1cccc2ccccc12. The van der Waals surface area contributed by atoms with E-state index >= 15 is 0 Å². The van der Waals surface area contributed by atoms with Gasteiger partial charge in [-0.3, -0.25) is 0 Å². The van der Waals surface area contributed by atoms with E-state index in [-0.39, 0.29) is 6.61 Å². The van der Waals surface area contributed by atoms with Crippen molar-refractivity contribution >= 4 is 10.8 Å². The number of ether oxygens (including phenoxy) is 1. The quantitative estimate of drug-likeness (QED) is 0.700. The standard InChI is InChI=1S/C23H25NO2/c25-19(15-24-22-13-5-9-17-7-1-3-11-20(17)22)16-26-23-14-6-10-18-8-2-4-12-21(18)23/h1-4,6-8,10-12,14,19,22,24-25H,5,9,13,15-16H2/t19-,22+/m0/s1. The first kappa shape index (κ1) is 17.1. The molecule has 3 heteroatoms. The fraction of sp³-hybridized carbons (Fsp3) is 0.304. The number of fused-ring (bicyclic) bond motifs is 2. The molecule has 0 amide bonds. The molecule has 3 aromatic carbocycles. The smallest absolute Gasteiger partial charge is 0.127 e. The van der Waals surface area contributed by atoms with Gasteiger partial charge in [-0.05, 0) is 41.8 Å². The molecule has 26 heavy (non-hydrogen) atoms. The van der Waals surface area contributed by atoms with Crippen LogP contribution in [-0.2, 0) is 6.42 Å². The molecule has 0 fully saturated rings. The van der Waals surface area contributed by atoms with Crippen LogP contribution >= 0.6 is 0 Å². The predicted octanol–water partition coefficient (Wildman–Crippen LogP) is 4.25. The van der Waals surface area contributed by atoms with E-state index in [9.17, 15) is 5.11 Å². The Morgan fingerprint density at radius 2 is 1.81 bits per heavy atom. The normalized spacial score (nSPS) is 17.7. The Kier molecular flexibility index (Phi) is 5.19. The zero-order valence-electron chi connectivity index (χ0n) is 14.9. The summed E-state index contributed by atoms with van der Waals surface area (Å²) in [5.41, 5.74) is 2.80. The minimum atomic E-state index is -0.539. The fourth-order valence-electron chi connectivity index (χ4n) is 3.81. The molecule has 0 saturated heterocycles. The Labute approximate surface area is 154 Å². The number of nitrogens with one attached hydrogen (secondary N) is 1. The maximum Gasteiger partial charge on any atom is 0.127 e. The van der Waals surface area contributed by atoms with Crippen LogP contribution in [-0.4, -0.2) is 24.4 Å². The van der Waals surface area contributed by atoms with Crippen LogP contribution < -0.4 is 10.1 Å². The molecular weight excluding hydrogens is 322 g/mol. The fourth-order valence-corrected chi connectivity index (χ4v) is 3.81. The number of aryl methyl sites for hydroxylation is 1. The predicted molar refractivity (Wildman–Crippen MR) is 106 cm³/mol. The van der Waals surface area contributed by atoms with E-state index < -0.39 is 6.10 Å². The van der Waals surface area contributed by atoms with E-state index in [1.165, 1.54) is 17.5 Å². The van der Waals surface area contributed by atoms with Gasteiger partial charge in [-0.25, -0.2) is 0 Å². The number of hydrogen-bond acceptors (Lipinski definition) is 3. The van der Waals surface area contributed by atoms with Gasteiger partial charge in [0.1, 0.15) is 18.5 Å². The summed E-state index contributed by atoms with van der Waals surface area (Å²) >= 11 is 0. The molecule has 1 aliphatic rings. The number of rotatable bonds is 6. The van der Waals surface area contributed by atoms with Gasteiger partial charge in [0.25, 0.3) is 0 Å². The molecule has 0 heterocycles. The van der Waals surface area contributed by atoms with Crippen LogP contribution in [0.5, 0.6) is 5.75 Å². The third-order valence-electron chi connectivity index (χ3n) is 5.15. The molecule has 0 aliphatic heterocycles. The summed E-state index contributed by atoms with van der Waals surface area (Å²) in [6.07, 6.45) is 2.93. The van der Waals surface area contributed by atoms with Crippen LogP contribution in [0.3, 0.4) is 0 Å². The summed E-state index contributed by atoms with van der Waals surface area (Å²) in [7, 11) is 0. The van der Waals surface area contributed by atoms with Crippen molar-refractivity contribution in [3.05, 3.63) is 77.9 Å². The number of benzene rings is 3. The monoisotopic (exact) mass is 347 g/mol. The summed E-state index contributed by atoms with van der Waals surface area (Å²) in [6.45, 7) is 0.819. The highest BCUT2D eigenvalue weighted by Gasteiger charge is 2.20. The molecule has 0 unspecified atom stereocenters. The van der Waals surface area contributed by atoms with Crippen LogP contribution in [0.1, 0.15) is 30.0 Å². The van der Waals surface area contributed by atoms with Gasteiger partial charge in [-0.15, -0.1) is 0 Å². The average Bonchev–Trinajstić information content (AvgIpc) is 2.70. The Morgan fingerprint density at radius 3 is 2.77 bits per heavy atom. The summed E-state index contributed by atoms with van der Waals surface area (Å²) in [5, 5.41) is 16.1. The number of aliphatic hydroxyl groups excluding tert-OH is 1. The highest BCUT2D eigenvalue weighted by atomic mass is 16.5. The van der Waals surface area contributed by atoms with Gasteiger partial charge >= 0.3 is 0 Å². The van der Waals surface area contributed by atoms with E-state index in [0.717, 1.165) is 29.4 Å². The molecule has 0 spiro atoms.